The predicted octanol–water partition coefficient (Wildman–Crippen LogP) is 6.58. The lowest BCUT2D eigenvalue weighted by molar-refractivity contribution is -0.152. The summed E-state index contributed by atoms with van der Waals surface area (Å²) in [6.45, 7) is 11.9. The van der Waals surface area contributed by atoms with E-state index in [4.69, 9.17) is 0 Å². The third-order valence-corrected chi connectivity index (χ3v) is 11.3. The highest BCUT2D eigenvalue weighted by Gasteiger charge is 2.61. The molecule has 4 aliphatic rings. The van der Waals surface area contributed by atoms with Crippen molar-refractivity contribution in [2.24, 2.45) is 46.3 Å². The Morgan fingerprint density at radius 3 is 2.28 bits per heavy atom. The summed E-state index contributed by atoms with van der Waals surface area (Å²) in [5, 5.41) is 20.8. The third kappa shape index (κ3) is 3.63. The third-order valence-electron chi connectivity index (χ3n) is 11.3. The molecule has 0 aliphatic heterocycles. The molecule has 0 saturated heterocycles. The minimum Gasteiger partial charge on any atom is -0.393 e. The Hall–Kier alpha value is -0.0800. The fourth-order valence-corrected chi connectivity index (χ4v) is 9.32. The summed E-state index contributed by atoms with van der Waals surface area (Å²) >= 11 is 0. The number of aliphatic hydroxyl groups excluding tert-OH is 1. The van der Waals surface area contributed by atoms with Crippen LogP contribution in [0.3, 0.4) is 0 Å². The van der Waals surface area contributed by atoms with E-state index in [0.717, 1.165) is 61.2 Å². The second kappa shape index (κ2) is 7.80. The van der Waals surface area contributed by atoms with Crippen LogP contribution in [0.4, 0.5) is 0 Å². The van der Waals surface area contributed by atoms with E-state index in [1.54, 1.807) is 0 Å². The fraction of sp³-hybridized carbons (Fsp3) is 1.00. The van der Waals surface area contributed by atoms with Crippen LogP contribution in [0.1, 0.15) is 112 Å². The van der Waals surface area contributed by atoms with E-state index in [1.165, 1.54) is 51.4 Å². The van der Waals surface area contributed by atoms with Gasteiger partial charge in [-0.05, 0) is 130 Å². The number of hydrogen-bond acceptors (Lipinski definition) is 2. The zero-order valence-corrected chi connectivity index (χ0v) is 19.9. The van der Waals surface area contributed by atoms with Crippen molar-refractivity contribution in [3.8, 4) is 0 Å². The van der Waals surface area contributed by atoms with Gasteiger partial charge in [0.05, 0.1) is 11.7 Å². The van der Waals surface area contributed by atoms with Gasteiger partial charge in [0.1, 0.15) is 0 Å². The van der Waals surface area contributed by atoms with Crippen LogP contribution in [0.15, 0.2) is 0 Å². The summed E-state index contributed by atoms with van der Waals surface area (Å²) in [5.41, 5.74) is 0.626. The van der Waals surface area contributed by atoms with Gasteiger partial charge in [-0.2, -0.15) is 0 Å². The standard InChI is InChI=1S/C27H48O2/c1-6-27(29)16-15-25(4)20(17-27)9-10-21-23-12-11-22(18(2)7-8-19(3)28)26(23,5)14-13-24(21)25/h18-24,28-29H,6-17H2,1-5H3/t18-,19?,20+,21+,22-,23+,24+,25+,26-,27+/m1/s1. The van der Waals surface area contributed by atoms with E-state index in [0.29, 0.717) is 10.8 Å². The summed E-state index contributed by atoms with van der Waals surface area (Å²) in [4.78, 5) is 0. The zero-order valence-electron chi connectivity index (χ0n) is 19.9. The van der Waals surface area contributed by atoms with Gasteiger partial charge < -0.3 is 10.2 Å². The van der Waals surface area contributed by atoms with Crippen molar-refractivity contribution in [2.45, 2.75) is 123 Å². The van der Waals surface area contributed by atoms with Gasteiger partial charge in [-0.25, -0.2) is 0 Å². The molecule has 0 heterocycles. The molecule has 0 bridgehead atoms. The minimum atomic E-state index is -0.377. The summed E-state index contributed by atoms with van der Waals surface area (Å²) in [7, 11) is 0. The first-order valence-electron chi connectivity index (χ1n) is 13.0. The highest BCUT2D eigenvalue weighted by molar-refractivity contribution is 5.10. The molecule has 168 valence electrons. The Balaban J connectivity index is 1.50. The van der Waals surface area contributed by atoms with Gasteiger partial charge in [-0.15, -0.1) is 0 Å². The van der Waals surface area contributed by atoms with Crippen molar-refractivity contribution < 1.29 is 10.2 Å². The van der Waals surface area contributed by atoms with Crippen molar-refractivity contribution in [1.82, 2.24) is 0 Å². The average Bonchev–Trinajstić information content (AvgIpc) is 3.04. The number of fused-ring (bicyclic) bond motifs is 5. The Morgan fingerprint density at radius 2 is 1.59 bits per heavy atom. The maximum atomic E-state index is 11.0. The van der Waals surface area contributed by atoms with Crippen molar-refractivity contribution in [1.29, 1.82) is 0 Å². The lowest BCUT2D eigenvalue weighted by Crippen LogP contribution is -2.56. The van der Waals surface area contributed by atoms with Crippen molar-refractivity contribution in [3.63, 3.8) is 0 Å². The van der Waals surface area contributed by atoms with Crippen molar-refractivity contribution >= 4 is 0 Å². The lowest BCUT2D eigenvalue weighted by Gasteiger charge is -2.62. The molecule has 1 unspecified atom stereocenters. The molecule has 0 amide bonds. The summed E-state index contributed by atoms with van der Waals surface area (Å²) in [5.74, 6) is 5.09. The van der Waals surface area contributed by atoms with Crippen LogP contribution in [-0.2, 0) is 0 Å². The number of aliphatic hydroxyl groups is 2. The number of rotatable bonds is 5. The molecule has 0 radical (unpaired) electrons. The van der Waals surface area contributed by atoms with Crippen LogP contribution in [0.5, 0.6) is 0 Å². The highest BCUT2D eigenvalue weighted by atomic mass is 16.3. The van der Waals surface area contributed by atoms with Gasteiger partial charge in [0.15, 0.2) is 0 Å². The molecule has 2 heteroatoms. The van der Waals surface area contributed by atoms with Gasteiger partial charge in [0, 0.05) is 0 Å². The Morgan fingerprint density at radius 1 is 0.862 bits per heavy atom. The van der Waals surface area contributed by atoms with Gasteiger partial charge in [0.25, 0.3) is 0 Å². The average molecular weight is 405 g/mol. The normalized spacial score (nSPS) is 51.6. The molecule has 0 aromatic rings. The zero-order chi connectivity index (χ0) is 21.0. The predicted molar refractivity (Wildman–Crippen MR) is 121 cm³/mol. The quantitative estimate of drug-likeness (QED) is 0.543. The van der Waals surface area contributed by atoms with Crippen LogP contribution in [0.2, 0.25) is 0 Å². The Labute approximate surface area is 180 Å². The summed E-state index contributed by atoms with van der Waals surface area (Å²) < 4.78 is 0. The van der Waals surface area contributed by atoms with Crippen LogP contribution in [0.25, 0.3) is 0 Å². The molecule has 29 heavy (non-hydrogen) atoms. The van der Waals surface area contributed by atoms with Gasteiger partial charge in [0.2, 0.25) is 0 Å². The lowest BCUT2D eigenvalue weighted by atomic mass is 9.43. The molecule has 0 aromatic heterocycles. The molecule has 0 aromatic carbocycles. The smallest absolute Gasteiger partial charge is 0.0648 e. The van der Waals surface area contributed by atoms with E-state index in [1.807, 2.05) is 6.92 Å². The summed E-state index contributed by atoms with van der Waals surface area (Å²) in [6, 6.07) is 0. The fourth-order valence-electron chi connectivity index (χ4n) is 9.32. The minimum absolute atomic E-state index is 0.151. The SMILES string of the molecule is CC[C@]1(O)CC[C@@]2(C)[C@@H](CC[C@@H]3[C@@H]2CC[C@]2(C)[C@@H]([C@H](C)CCC(C)O)CC[C@@H]32)C1. The topological polar surface area (TPSA) is 40.5 Å². The van der Waals surface area contributed by atoms with Gasteiger partial charge >= 0.3 is 0 Å². The number of hydrogen-bond donors (Lipinski definition) is 2. The first kappa shape index (κ1) is 22.1. The Kier molecular flexibility index (Phi) is 5.95. The molecular weight excluding hydrogens is 356 g/mol. The van der Waals surface area contributed by atoms with E-state index >= 15 is 0 Å². The molecule has 2 N–H and O–H groups in total. The second-order valence-electron chi connectivity index (χ2n) is 12.6. The molecule has 4 saturated carbocycles. The van der Waals surface area contributed by atoms with Gasteiger partial charge in [-0.3, -0.25) is 0 Å². The molecule has 4 fully saturated rings. The van der Waals surface area contributed by atoms with Crippen LogP contribution in [0, 0.1) is 46.3 Å². The maximum Gasteiger partial charge on any atom is 0.0648 e. The maximum absolute atomic E-state index is 11.0. The van der Waals surface area contributed by atoms with Crippen LogP contribution in [-0.4, -0.2) is 21.9 Å². The monoisotopic (exact) mass is 404 g/mol. The van der Waals surface area contributed by atoms with E-state index in [-0.39, 0.29) is 11.7 Å². The van der Waals surface area contributed by atoms with Crippen molar-refractivity contribution in [3.05, 3.63) is 0 Å². The molecular formula is C27H48O2. The molecule has 2 nitrogen and oxygen atoms in total. The van der Waals surface area contributed by atoms with E-state index in [9.17, 15) is 10.2 Å². The van der Waals surface area contributed by atoms with Crippen LogP contribution >= 0.6 is 0 Å². The second-order valence-corrected chi connectivity index (χ2v) is 12.6. The first-order valence-corrected chi connectivity index (χ1v) is 13.0. The van der Waals surface area contributed by atoms with Gasteiger partial charge in [-0.1, -0.05) is 27.7 Å². The highest BCUT2D eigenvalue weighted by Crippen LogP contribution is 2.69. The largest absolute Gasteiger partial charge is 0.393 e. The van der Waals surface area contributed by atoms with Crippen LogP contribution < -0.4 is 0 Å². The molecule has 10 atom stereocenters. The van der Waals surface area contributed by atoms with Crippen molar-refractivity contribution in [2.75, 3.05) is 0 Å². The molecule has 4 rings (SSSR count). The molecule has 4 aliphatic carbocycles. The first-order chi connectivity index (χ1) is 13.6. The molecule has 0 spiro atoms. The Bertz CT molecular complexity index is 587. The summed E-state index contributed by atoms with van der Waals surface area (Å²) in [6.07, 6.45) is 14.8. The van der Waals surface area contributed by atoms with E-state index < -0.39 is 0 Å². The van der Waals surface area contributed by atoms with E-state index in [2.05, 4.69) is 27.7 Å².